The average Bonchev–Trinajstić information content (AvgIpc) is 1.85. The standard InChI is InChI=1S/C7H7NO3.Na/c8-4-1-2-5(7(10)11)6(9)3-4;/h1-3,9H,8H2,(H,10,11);/q;+1/p-1. The van der Waals surface area contributed by atoms with Gasteiger partial charge in [-0.1, -0.05) is 0 Å². The zero-order valence-electron chi connectivity index (χ0n) is 6.57. The summed E-state index contributed by atoms with van der Waals surface area (Å²) in [5.74, 6) is -1.78. The number of hydrogen-bond donors (Lipinski definition) is 2. The van der Waals surface area contributed by atoms with Gasteiger partial charge < -0.3 is 20.7 Å². The molecule has 0 atom stereocenters. The first kappa shape index (κ1) is 11.3. The molecule has 1 aromatic carbocycles. The van der Waals surface area contributed by atoms with Gasteiger partial charge in [0.2, 0.25) is 0 Å². The first-order valence-electron chi connectivity index (χ1n) is 2.91. The summed E-state index contributed by atoms with van der Waals surface area (Å²) in [5.41, 5.74) is 5.32. The van der Waals surface area contributed by atoms with Crippen LogP contribution < -0.4 is 40.4 Å². The Morgan fingerprint density at radius 1 is 1.50 bits per heavy atom. The Bertz CT molecular complexity index is 301. The number of hydrogen-bond acceptors (Lipinski definition) is 4. The molecule has 0 aliphatic rings. The molecule has 0 aliphatic carbocycles. The van der Waals surface area contributed by atoms with Crippen LogP contribution in [0.1, 0.15) is 10.4 Å². The molecule has 1 rings (SSSR count). The van der Waals surface area contributed by atoms with E-state index in [1.807, 2.05) is 0 Å². The Hall–Kier alpha value is -0.710. The predicted molar refractivity (Wildman–Crippen MR) is 36.8 cm³/mol. The minimum atomic E-state index is -1.41. The van der Waals surface area contributed by atoms with Crippen LogP contribution in [-0.2, 0) is 0 Å². The van der Waals surface area contributed by atoms with Crippen LogP contribution in [0.25, 0.3) is 0 Å². The summed E-state index contributed by atoms with van der Waals surface area (Å²) in [7, 11) is 0. The van der Waals surface area contributed by atoms with Gasteiger partial charge in [0.25, 0.3) is 0 Å². The molecule has 5 heteroatoms. The number of carboxylic acid groups (broad SMARTS) is 1. The summed E-state index contributed by atoms with van der Waals surface area (Å²) in [6.07, 6.45) is 0. The largest absolute Gasteiger partial charge is 1.00 e. The van der Waals surface area contributed by atoms with E-state index in [2.05, 4.69) is 0 Å². The van der Waals surface area contributed by atoms with Gasteiger partial charge in [-0.15, -0.1) is 0 Å². The molecule has 0 unspecified atom stereocenters. The average molecular weight is 175 g/mol. The van der Waals surface area contributed by atoms with Crippen LogP contribution in [0, 0.1) is 0 Å². The van der Waals surface area contributed by atoms with Gasteiger partial charge >= 0.3 is 29.6 Å². The van der Waals surface area contributed by atoms with E-state index < -0.39 is 5.97 Å². The first-order valence-corrected chi connectivity index (χ1v) is 2.91. The van der Waals surface area contributed by atoms with Crippen molar-refractivity contribution in [1.29, 1.82) is 0 Å². The molecule has 12 heavy (non-hydrogen) atoms. The second-order valence-corrected chi connectivity index (χ2v) is 2.06. The molecule has 4 nitrogen and oxygen atoms in total. The summed E-state index contributed by atoms with van der Waals surface area (Å²) in [6, 6.07) is 3.73. The number of nitrogen functional groups attached to an aromatic ring is 1. The second kappa shape index (κ2) is 4.35. The molecule has 0 radical (unpaired) electrons. The predicted octanol–water partition coefficient (Wildman–Crippen LogP) is -3.66. The number of carbonyl (C=O) groups excluding carboxylic acids is 1. The minimum Gasteiger partial charge on any atom is -0.545 e. The SMILES string of the molecule is Nc1ccc(C(=O)[O-])c(O)c1.[Na+]. The van der Waals surface area contributed by atoms with Crippen molar-refractivity contribution in [3.05, 3.63) is 23.8 Å². The van der Waals surface area contributed by atoms with Gasteiger partial charge in [0, 0.05) is 17.3 Å². The fourth-order valence-corrected chi connectivity index (χ4v) is 0.721. The Labute approximate surface area is 91.3 Å². The van der Waals surface area contributed by atoms with E-state index in [-0.39, 0.29) is 40.9 Å². The Kier molecular flexibility index (Phi) is 4.09. The zero-order chi connectivity index (χ0) is 8.43. The quantitative estimate of drug-likeness (QED) is 0.340. The van der Waals surface area contributed by atoms with Crippen LogP contribution in [0.15, 0.2) is 18.2 Å². The fraction of sp³-hybridized carbons (Fsp3) is 0. The maximum atomic E-state index is 10.2. The molecule has 3 N–H and O–H groups in total. The molecular weight excluding hydrogens is 169 g/mol. The number of rotatable bonds is 1. The minimum absolute atomic E-state index is 0. The molecular formula is C7H6NNaO3. The number of phenols is 1. The number of carbonyl (C=O) groups is 1. The van der Waals surface area contributed by atoms with Gasteiger partial charge in [-0.05, 0) is 12.1 Å². The van der Waals surface area contributed by atoms with E-state index in [0.29, 0.717) is 5.69 Å². The number of benzene rings is 1. The second-order valence-electron chi connectivity index (χ2n) is 2.06. The van der Waals surface area contributed by atoms with Crippen molar-refractivity contribution < 1.29 is 44.6 Å². The van der Waals surface area contributed by atoms with Crippen molar-refractivity contribution in [2.75, 3.05) is 5.73 Å². The smallest absolute Gasteiger partial charge is 0.545 e. The molecule has 0 aromatic heterocycles. The van der Waals surface area contributed by atoms with E-state index >= 15 is 0 Å². The number of carboxylic acids is 1. The van der Waals surface area contributed by atoms with Crippen molar-refractivity contribution in [2.24, 2.45) is 0 Å². The molecule has 0 fully saturated rings. The third-order valence-electron chi connectivity index (χ3n) is 1.24. The van der Waals surface area contributed by atoms with E-state index in [9.17, 15) is 9.90 Å². The molecule has 0 saturated carbocycles. The van der Waals surface area contributed by atoms with Crippen molar-refractivity contribution in [2.45, 2.75) is 0 Å². The zero-order valence-corrected chi connectivity index (χ0v) is 8.57. The Balaban J connectivity index is 0.00000121. The monoisotopic (exact) mass is 175 g/mol. The summed E-state index contributed by atoms with van der Waals surface area (Å²) in [4.78, 5) is 10.2. The molecule has 1 aromatic rings. The van der Waals surface area contributed by atoms with E-state index in [1.54, 1.807) is 0 Å². The van der Waals surface area contributed by atoms with Crippen LogP contribution >= 0.6 is 0 Å². The maximum absolute atomic E-state index is 10.2. The van der Waals surface area contributed by atoms with Gasteiger partial charge in [-0.3, -0.25) is 0 Å². The van der Waals surface area contributed by atoms with Gasteiger partial charge in [0.15, 0.2) is 0 Å². The fourth-order valence-electron chi connectivity index (χ4n) is 0.721. The van der Waals surface area contributed by atoms with Crippen molar-refractivity contribution >= 4 is 11.7 Å². The third kappa shape index (κ3) is 2.41. The first-order chi connectivity index (χ1) is 5.11. The van der Waals surface area contributed by atoms with Crippen LogP contribution in [0.2, 0.25) is 0 Å². The third-order valence-corrected chi connectivity index (χ3v) is 1.24. The topological polar surface area (TPSA) is 86.4 Å². The Morgan fingerprint density at radius 3 is 2.50 bits per heavy atom. The molecule has 58 valence electrons. The molecule has 0 heterocycles. The summed E-state index contributed by atoms with van der Waals surface area (Å²) in [6.45, 7) is 0. The van der Waals surface area contributed by atoms with Gasteiger partial charge in [-0.25, -0.2) is 0 Å². The summed E-state index contributed by atoms with van der Waals surface area (Å²) >= 11 is 0. The van der Waals surface area contributed by atoms with Gasteiger partial charge in [0.1, 0.15) is 5.75 Å². The molecule has 0 spiro atoms. The summed E-state index contributed by atoms with van der Waals surface area (Å²) in [5, 5.41) is 19.2. The number of aromatic carboxylic acids is 1. The van der Waals surface area contributed by atoms with Crippen LogP contribution in [-0.4, -0.2) is 11.1 Å². The van der Waals surface area contributed by atoms with Crippen LogP contribution in [0.4, 0.5) is 5.69 Å². The van der Waals surface area contributed by atoms with Crippen LogP contribution in [0.3, 0.4) is 0 Å². The molecule has 0 aliphatic heterocycles. The van der Waals surface area contributed by atoms with Gasteiger partial charge in [0.05, 0.1) is 5.97 Å². The van der Waals surface area contributed by atoms with Crippen molar-refractivity contribution in [1.82, 2.24) is 0 Å². The number of nitrogens with two attached hydrogens (primary N) is 1. The number of anilines is 1. The van der Waals surface area contributed by atoms with Gasteiger partial charge in [-0.2, -0.15) is 0 Å². The van der Waals surface area contributed by atoms with Crippen molar-refractivity contribution in [3.8, 4) is 5.75 Å². The van der Waals surface area contributed by atoms with Crippen LogP contribution in [0.5, 0.6) is 5.75 Å². The Morgan fingerprint density at radius 2 is 2.08 bits per heavy atom. The molecule has 0 amide bonds. The molecule has 0 saturated heterocycles. The molecule has 0 bridgehead atoms. The van der Waals surface area contributed by atoms with E-state index in [1.165, 1.54) is 12.1 Å². The summed E-state index contributed by atoms with van der Waals surface area (Å²) < 4.78 is 0. The van der Waals surface area contributed by atoms with E-state index in [4.69, 9.17) is 10.8 Å². The van der Waals surface area contributed by atoms with E-state index in [0.717, 1.165) is 6.07 Å². The maximum Gasteiger partial charge on any atom is 1.00 e. The normalized spacial score (nSPS) is 8.67. The van der Waals surface area contributed by atoms with Crippen molar-refractivity contribution in [3.63, 3.8) is 0 Å². The number of aromatic hydroxyl groups is 1.